The van der Waals surface area contributed by atoms with Gasteiger partial charge < -0.3 is 10.2 Å². The molecule has 114 valence electrons. The molecule has 0 aromatic heterocycles. The van der Waals surface area contributed by atoms with E-state index in [-0.39, 0.29) is 6.03 Å². The minimum Gasteiger partial charge on any atom is -0.372 e. The number of hydrogen-bond acceptors (Lipinski definition) is 2. The maximum Gasteiger partial charge on any atom is 0.321 e. The third kappa shape index (κ3) is 2.99. The molecule has 0 atom stereocenters. The highest BCUT2D eigenvalue weighted by molar-refractivity contribution is 5.94. The van der Waals surface area contributed by atoms with E-state index in [4.69, 9.17) is 0 Å². The highest BCUT2D eigenvalue weighted by Crippen LogP contribution is 2.32. The Hall–Kier alpha value is -1.71. The number of carbonyl (C=O) groups is 1. The van der Waals surface area contributed by atoms with Gasteiger partial charge in [0.15, 0.2) is 0 Å². The van der Waals surface area contributed by atoms with Gasteiger partial charge in [-0.05, 0) is 48.9 Å². The van der Waals surface area contributed by atoms with Gasteiger partial charge in [0.2, 0.25) is 0 Å². The van der Waals surface area contributed by atoms with E-state index in [1.165, 1.54) is 24.1 Å². The summed E-state index contributed by atoms with van der Waals surface area (Å²) >= 11 is 0. The Labute approximate surface area is 127 Å². The molecular weight excluding hydrogens is 262 g/mol. The summed E-state index contributed by atoms with van der Waals surface area (Å²) in [5.74, 6) is 0.480. The second kappa shape index (κ2) is 5.96. The quantitative estimate of drug-likeness (QED) is 0.927. The molecule has 0 radical (unpaired) electrons. The minimum absolute atomic E-state index is 0.0383. The molecule has 21 heavy (non-hydrogen) atoms. The summed E-state index contributed by atoms with van der Waals surface area (Å²) in [5.41, 5.74) is 3.70. The fourth-order valence-corrected chi connectivity index (χ4v) is 3.16. The van der Waals surface area contributed by atoms with Crippen molar-refractivity contribution < 1.29 is 4.79 Å². The molecule has 0 bridgehead atoms. The lowest BCUT2D eigenvalue weighted by atomic mass is 10.1. The number of nitrogens with one attached hydrogen (secondary N) is 1. The molecule has 2 aliphatic rings. The molecule has 1 saturated heterocycles. The van der Waals surface area contributed by atoms with Crippen LogP contribution in [-0.2, 0) is 6.42 Å². The Morgan fingerprint density at radius 2 is 2.00 bits per heavy atom. The van der Waals surface area contributed by atoms with Crippen LogP contribution in [0.25, 0.3) is 0 Å². The summed E-state index contributed by atoms with van der Waals surface area (Å²) in [7, 11) is 0. The lowest BCUT2D eigenvalue weighted by Crippen LogP contribution is -2.40. The molecule has 0 spiro atoms. The first-order valence-corrected chi connectivity index (χ1v) is 8.08. The van der Waals surface area contributed by atoms with Crippen molar-refractivity contribution in [1.29, 1.82) is 0 Å². The van der Waals surface area contributed by atoms with E-state index >= 15 is 0 Å². The summed E-state index contributed by atoms with van der Waals surface area (Å²) in [6, 6.07) is 6.59. The molecule has 0 aliphatic carbocycles. The molecule has 1 N–H and O–H groups in total. The van der Waals surface area contributed by atoms with Crippen LogP contribution in [0.2, 0.25) is 0 Å². The van der Waals surface area contributed by atoms with Crippen LogP contribution in [0.5, 0.6) is 0 Å². The Balaban J connectivity index is 1.72. The highest BCUT2D eigenvalue weighted by Gasteiger charge is 2.25. The van der Waals surface area contributed by atoms with Crippen LogP contribution < -0.4 is 15.1 Å². The Morgan fingerprint density at radius 1 is 1.24 bits per heavy atom. The normalized spacial score (nSPS) is 17.5. The fraction of sp³-hybridized carbons (Fsp3) is 0.588. The Morgan fingerprint density at radius 3 is 2.71 bits per heavy atom. The zero-order valence-corrected chi connectivity index (χ0v) is 13.1. The smallest absolute Gasteiger partial charge is 0.321 e. The molecule has 3 rings (SSSR count). The van der Waals surface area contributed by atoms with Crippen molar-refractivity contribution in [3.8, 4) is 0 Å². The molecule has 0 saturated carbocycles. The maximum atomic E-state index is 12.3. The van der Waals surface area contributed by atoms with Crippen LogP contribution in [0.3, 0.4) is 0 Å². The Kier molecular flexibility index (Phi) is 4.04. The van der Waals surface area contributed by atoms with Crippen LogP contribution in [0.4, 0.5) is 16.2 Å². The third-order valence-corrected chi connectivity index (χ3v) is 4.34. The van der Waals surface area contributed by atoms with E-state index < -0.39 is 0 Å². The largest absolute Gasteiger partial charge is 0.372 e. The van der Waals surface area contributed by atoms with E-state index in [1.807, 2.05) is 4.90 Å². The second-order valence-corrected chi connectivity index (χ2v) is 6.49. The minimum atomic E-state index is 0.0383. The van der Waals surface area contributed by atoms with Gasteiger partial charge in [0, 0.05) is 37.6 Å². The average Bonchev–Trinajstić information content (AvgIpc) is 3.13. The van der Waals surface area contributed by atoms with Crippen molar-refractivity contribution in [3.05, 3.63) is 23.8 Å². The van der Waals surface area contributed by atoms with Crippen LogP contribution in [0.15, 0.2) is 18.2 Å². The molecule has 2 heterocycles. The lowest BCUT2D eigenvalue weighted by molar-refractivity contribution is 0.245. The van der Waals surface area contributed by atoms with E-state index in [0.29, 0.717) is 5.92 Å². The summed E-state index contributed by atoms with van der Waals surface area (Å²) < 4.78 is 0. The molecule has 4 heteroatoms. The van der Waals surface area contributed by atoms with Crippen LogP contribution in [0, 0.1) is 5.92 Å². The van der Waals surface area contributed by atoms with Crippen molar-refractivity contribution in [3.63, 3.8) is 0 Å². The van der Waals surface area contributed by atoms with Crippen LogP contribution >= 0.6 is 0 Å². The first-order valence-electron chi connectivity index (χ1n) is 8.08. The molecule has 2 aliphatic heterocycles. The summed E-state index contributed by atoms with van der Waals surface area (Å²) in [5, 5.41) is 3.01. The molecule has 4 nitrogen and oxygen atoms in total. The number of rotatable bonds is 3. The number of amides is 2. The lowest BCUT2D eigenvalue weighted by Gasteiger charge is -2.21. The predicted molar refractivity (Wildman–Crippen MR) is 87.2 cm³/mol. The van der Waals surface area contributed by atoms with E-state index in [1.54, 1.807) is 0 Å². The Bertz CT molecular complexity index is 521. The van der Waals surface area contributed by atoms with E-state index in [9.17, 15) is 4.79 Å². The van der Waals surface area contributed by atoms with Crippen LogP contribution in [0.1, 0.15) is 32.3 Å². The van der Waals surface area contributed by atoms with Gasteiger partial charge in [-0.15, -0.1) is 0 Å². The number of hydrogen-bond donors (Lipinski definition) is 1. The van der Waals surface area contributed by atoms with Crippen molar-refractivity contribution in [2.24, 2.45) is 5.92 Å². The number of fused-ring (bicyclic) bond motifs is 1. The van der Waals surface area contributed by atoms with Gasteiger partial charge in [-0.25, -0.2) is 4.79 Å². The summed E-state index contributed by atoms with van der Waals surface area (Å²) in [6.45, 7) is 8.08. The molecule has 0 unspecified atom stereocenters. The second-order valence-electron chi connectivity index (χ2n) is 6.49. The van der Waals surface area contributed by atoms with Gasteiger partial charge in [0.25, 0.3) is 0 Å². The van der Waals surface area contributed by atoms with Gasteiger partial charge in [0.05, 0.1) is 0 Å². The molecule has 1 fully saturated rings. The highest BCUT2D eigenvalue weighted by atomic mass is 16.2. The zero-order valence-electron chi connectivity index (χ0n) is 13.1. The number of nitrogens with zero attached hydrogens (tertiary/aromatic N) is 2. The molecule has 2 amide bonds. The maximum absolute atomic E-state index is 12.3. The SMILES string of the molecule is CC(C)CNC(=O)N1CCc2cc(N3CCCC3)ccc21. The van der Waals surface area contributed by atoms with Gasteiger partial charge in [-0.3, -0.25) is 4.90 Å². The summed E-state index contributed by atoms with van der Waals surface area (Å²) in [4.78, 5) is 16.6. The zero-order chi connectivity index (χ0) is 14.8. The number of benzene rings is 1. The first kappa shape index (κ1) is 14.2. The van der Waals surface area contributed by atoms with E-state index in [2.05, 4.69) is 42.3 Å². The molecule has 1 aromatic carbocycles. The van der Waals surface area contributed by atoms with E-state index in [0.717, 1.165) is 38.3 Å². The fourth-order valence-electron chi connectivity index (χ4n) is 3.16. The monoisotopic (exact) mass is 287 g/mol. The molecule has 1 aromatic rings. The van der Waals surface area contributed by atoms with Crippen molar-refractivity contribution >= 4 is 17.4 Å². The number of carbonyl (C=O) groups excluding carboxylic acids is 1. The predicted octanol–water partition coefficient (Wildman–Crippen LogP) is 3.01. The number of anilines is 2. The van der Waals surface area contributed by atoms with Gasteiger partial charge in [-0.1, -0.05) is 13.8 Å². The topological polar surface area (TPSA) is 35.6 Å². The average molecular weight is 287 g/mol. The molecular formula is C17H25N3O. The number of urea groups is 1. The standard InChI is InChI=1S/C17H25N3O/c1-13(2)12-18-17(21)20-10-7-14-11-15(5-6-16(14)20)19-8-3-4-9-19/h5-6,11,13H,3-4,7-10,12H2,1-2H3,(H,18,21). The van der Waals surface area contributed by atoms with Crippen molar-refractivity contribution in [2.75, 3.05) is 36.0 Å². The first-order chi connectivity index (χ1) is 10.1. The van der Waals surface area contributed by atoms with Crippen molar-refractivity contribution in [2.45, 2.75) is 33.1 Å². The van der Waals surface area contributed by atoms with Crippen LogP contribution in [-0.4, -0.2) is 32.2 Å². The van der Waals surface area contributed by atoms with Gasteiger partial charge >= 0.3 is 6.03 Å². The summed E-state index contributed by atoms with van der Waals surface area (Å²) in [6.07, 6.45) is 3.55. The third-order valence-electron chi connectivity index (χ3n) is 4.34. The van der Waals surface area contributed by atoms with Gasteiger partial charge in [-0.2, -0.15) is 0 Å². The van der Waals surface area contributed by atoms with Crippen molar-refractivity contribution in [1.82, 2.24) is 5.32 Å². The van der Waals surface area contributed by atoms with Gasteiger partial charge in [0.1, 0.15) is 0 Å².